The number of nitrogens with zero attached hydrogens (tertiary/aromatic N) is 3. The maximum absolute atomic E-state index is 13.1. The lowest BCUT2D eigenvalue weighted by Crippen LogP contribution is -2.24. The second-order valence-electron chi connectivity index (χ2n) is 6.65. The van der Waals surface area contributed by atoms with Crippen molar-refractivity contribution in [2.24, 2.45) is 5.10 Å². The van der Waals surface area contributed by atoms with Crippen LogP contribution in [-0.4, -0.2) is 21.1 Å². The van der Waals surface area contributed by atoms with Crippen LogP contribution in [0.4, 0.5) is 10.1 Å². The van der Waals surface area contributed by atoms with Gasteiger partial charge in [-0.1, -0.05) is 35.9 Å². The Bertz CT molecular complexity index is 1060. The lowest BCUT2D eigenvalue weighted by Gasteiger charge is -2.11. The number of nitrogens with one attached hydrogen (secondary N) is 2. The van der Waals surface area contributed by atoms with E-state index in [9.17, 15) is 4.39 Å². The van der Waals surface area contributed by atoms with Gasteiger partial charge in [-0.05, 0) is 67.9 Å². The SMILES string of the molecule is Cc1cccc(NC(=S)NN=Cc2c(C)nn(Cc3ccc(F)cc3)c2Cl)c1C. The molecule has 150 valence electrons. The highest BCUT2D eigenvalue weighted by Gasteiger charge is 2.12. The van der Waals surface area contributed by atoms with E-state index < -0.39 is 0 Å². The Labute approximate surface area is 179 Å². The molecular weight excluding hydrogens is 409 g/mol. The molecule has 0 radical (unpaired) electrons. The molecule has 2 N–H and O–H groups in total. The number of benzene rings is 2. The number of hydrogen-bond donors (Lipinski definition) is 2. The van der Waals surface area contributed by atoms with Crippen molar-refractivity contribution in [3.8, 4) is 0 Å². The van der Waals surface area contributed by atoms with Crippen molar-refractivity contribution in [2.45, 2.75) is 27.3 Å². The number of rotatable bonds is 5. The summed E-state index contributed by atoms with van der Waals surface area (Å²) in [6.07, 6.45) is 1.59. The highest BCUT2D eigenvalue weighted by atomic mass is 35.5. The molecule has 0 spiro atoms. The fourth-order valence-electron chi connectivity index (χ4n) is 2.77. The molecule has 3 rings (SSSR count). The van der Waals surface area contributed by atoms with Gasteiger partial charge in [0.2, 0.25) is 0 Å². The molecule has 0 unspecified atom stereocenters. The lowest BCUT2D eigenvalue weighted by molar-refractivity contribution is 0.624. The van der Waals surface area contributed by atoms with Gasteiger partial charge in [-0.3, -0.25) is 5.43 Å². The lowest BCUT2D eigenvalue weighted by atomic mass is 10.1. The normalized spacial score (nSPS) is 11.1. The van der Waals surface area contributed by atoms with Crippen molar-refractivity contribution in [1.29, 1.82) is 0 Å². The molecular formula is C21H21ClFN5S. The van der Waals surface area contributed by atoms with Crippen LogP contribution < -0.4 is 10.7 Å². The van der Waals surface area contributed by atoms with E-state index in [1.165, 1.54) is 17.7 Å². The minimum absolute atomic E-state index is 0.277. The van der Waals surface area contributed by atoms with Crippen LogP contribution in [0.5, 0.6) is 0 Å². The van der Waals surface area contributed by atoms with Crippen LogP contribution in [0, 0.1) is 26.6 Å². The summed E-state index contributed by atoms with van der Waals surface area (Å²) in [6, 6.07) is 12.2. The molecule has 3 aromatic rings. The largest absolute Gasteiger partial charge is 0.331 e. The molecule has 0 amide bonds. The average Bonchev–Trinajstić information content (AvgIpc) is 2.94. The van der Waals surface area contributed by atoms with E-state index >= 15 is 0 Å². The van der Waals surface area contributed by atoms with Crippen LogP contribution in [0.25, 0.3) is 0 Å². The van der Waals surface area contributed by atoms with Crippen LogP contribution in [-0.2, 0) is 6.54 Å². The summed E-state index contributed by atoms with van der Waals surface area (Å²) >= 11 is 11.8. The number of hydrogen-bond acceptors (Lipinski definition) is 3. The van der Waals surface area contributed by atoms with Crippen molar-refractivity contribution < 1.29 is 4.39 Å². The highest BCUT2D eigenvalue weighted by Crippen LogP contribution is 2.20. The molecule has 5 nitrogen and oxygen atoms in total. The molecule has 1 aromatic heterocycles. The maximum atomic E-state index is 13.1. The topological polar surface area (TPSA) is 54.2 Å². The maximum Gasteiger partial charge on any atom is 0.191 e. The monoisotopic (exact) mass is 429 g/mol. The predicted octanol–water partition coefficient (Wildman–Crippen LogP) is 4.97. The molecule has 29 heavy (non-hydrogen) atoms. The van der Waals surface area contributed by atoms with Crippen molar-refractivity contribution in [2.75, 3.05) is 5.32 Å². The quantitative estimate of drug-likeness (QED) is 0.341. The van der Waals surface area contributed by atoms with Gasteiger partial charge in [0.05, 0.1) is 24.0 Å². The van der Waals surface area contributed by atoms with Gasteiger partial charge in [0.15, 0.2) is 5.11 Å². The predicted molar refractivity (Wildman–Crippen MR) is 120 cm³/mol. The van der Waals surface area contributed by atoms with Crippen LogP contribution >= 0.6 is 23.8 Å². The Balaban J connectivity index is 1.66. The second-order valence-corrected chi connectivity index (χ2v) is 7.41. The van der Waals surface area contributed by atoms with Gasteiger partial charge < -0.3 is 5.32 Å². The summed E-state index contributed by atoms with van der Waals surface area (Å²) in [7, 11) is 0. The van der Waals surface area contributed by atoms with E-state index in [4.69, 9.17) is 23.8 Å². The highest BCUT2D eigenvalue weighted by molar-refractivity contribution is 7.80. The van der Waals surface area contributed by atoms with Gasteiger partial charge in [0.1, 0.15) is 11.0 Å². The average molecular weight is 430 g/mol. The van der Waals surface area contributed by atoms with Crippen molar-refractivity contribution >= 4 is 40.8 Å². The molecule has 1 heterocycles. The summed E-state index contributed by atoms with van der Waals surface area (Å²) in [4.78, 5) is 0. The first-order chi connectivity index (χ1) is 13.8. The van der Waals surface area contributed by atoms with Crippen LogP contribution in [0.2, 0.25) is 5.15 Å². The molecule has 0 atom stereocenters. The molecule has 2 aromatic carbocycles. The third-order valence-corrected chi connectivity index (χ3v) is 5.16. The molecule has 0 bridgehead atoms. The summed E-state index contributed by atoms with van der Waals surface area (Å²) < 4.78 is 14.7. The van der Waals surface area contributed by atoms with Crippen molar-refractivity contribution in [3.05, 3.63) is 81.4 Å². The van der Waals surface area contributed by atoms with Crippen LogP contribution in [0.15, 0.2) is 47.6 Å². The Morgan fingerprint density at radius 3 is 2.66 bits per heavy atom. The first kappa shape index (κ1) is 21.0. The zero-order chi connectivity index (χ0) is 21.0. The number of hydrazone groups is 1. The molecule has 8 heteroatoms. The van der Waals surface area contributed by atoms with Gasteiger partial charge >= 0.3 is 0 Å². The van der Waals surface area contributed by atoms with Crippen LogP contribution in [0.3, 0.4) is 0 Å². The molecule has 0 aliphatic rings. The van der Waals surface area contributed by atoms with E-state index in [-0.39, 0.29) is 5.82 Å². The Morgan fingerprint density at radius 1 is 1.21 bits per heavy atom. The summed E-state index contributed by atoms with van der Waals surface area (Å²) in [5, 5.41) is 12.6. The Hall–Kier alpha value is -2.77. The number of aromatic nitrogens is 2. The molecule has 0 fully saturated rings. The molecule has 0 saturated heterocycles. The minimum atomic E-state index is -0.277. The van der Waals surface area contributed by atoms with Gasteiger partial charge in [-0.2, -0.15) is 10.2 Å². The smallest absolute Gasteiger partial charge is 0.191 e. The van der Waals surface area contributed by atoms with Crippen LogP contribution in [0.1, 0.15) is 27.9 Å². The zero-order valence-electron chi connectivity index (χ0n) is 16.3. The Morgan fingerprint density at radius 2 is 1.93 bits per heavy atom. The number of anilines is 1. The fraction of sp³-hybridized carbons (Fsp3) is 0.190. The third kappa shape index (κ3) is 5.19. The van der Waals surface area contributed by atoms with Gasteiger partial charge in [0, 0.05) is 5.69 Å². The van der Waals surface area contributed by atoms with E-state index in [0.717, 1.165) is 22.5 Å². The Kier molecular flexibility index (Phi) is 6.61. The van der Waals surface area contributed by atoms with Gasteiger partial charge in [0.25, 0.3) is 0 Å². The number of thiocarbonyl (C=S) groups is 1. The standard InChI is InChI=1S/C21H21ClFN5S/c1-13-5-4-6-19(14(13)2)25-21(29)26-24-11-18-15(3)27-28(20(18)22)12-16-7-9-17(23)10-8-16/h4-11H,12H2,1-3H3,(H2,25,26,29). The van der Waals surface area contributed by atoms with E-state index in [1.54, 1.807) is 23.0 Å². The van der Waals surface area contributed by atoms with Gasteiger partial charge in [-0.15, -0.1) is 0 Å². The molecule has 0 saturated carbocycles. The molecule has 0 aliphatic heterocycles. The molecule has 0 aliphatic carbocycles. The first-order valence-electron chi connectivity index (χ1n) is 8.98. The first-order valence-corrected chi connectivity index (χ1v) is 9.77. The second kappa shape index (κ2) is 9.15. The minimum Gasteiger partial charge on any atom is -0.331 e. The number of aryl methyl sites for hydroxylation is 2. The van der Waals surface area contributed by atoms with E-state index in [0.29, 0.717) is 22.4 Å². The summed E-state index contributed by atoms with van der Waals surface area (Å²) in [5.74, 6) is -0.277. The zero-order valence-corrected chi connectivity index (χ0v) is 17.9. The van der Waals surface area contributed by atoms with E-state index in [2.05, 4.69) is 20.9 Å². The summed E-state index contributed by atoms with van der Waals surface area (Å²) in [5.41, 5.74) is 8.35. The fourth-order valence-corrected chi connectivity index (χ4v) is 3.22. The van der Waals surface area contributed by atoms with Gasteiger partial charge in [-0.25, -0.2) is 9.07 Å². The van der Waals surface area contributed by atoms with Crippen molar-refractivity contribution in [3.63, 3.8) is 0 Å². The summed E-state index contributed by atoms with van der Waals surface area (Å²) in [6.45, 7) is 6.36. The van der Waals surface area contributed by atoms with E-state index in [1.807, 2.05) is 39.0 Å². The third-order valence-electron chi connectivity index (χ3n) is 4.57. The van der Waals surface area contributed by atoms with Crippen molar-refractivity contribution in [1.82, 2.24) is 15.2 Å². The number of halogens is 2.